The van der Waals surface area contributed by atoms with Gasteiger partial charge in [-0.05, 0) is 43.7 Å². The van der Waals surface area contributed by atoms with Crippen molar-refractivity contribution in [1.29, 1.82) is 0 Å². The number of carbonyl (C=O) groups is 1. The van der Waals surface area contributed by atoms with Crippen molar-refractivity contribution in [2.75, 3.05) is 13.1 Å². The molecule has 2 rings (SSSR count). The summed E-state index contributed by atoms with van der Waals surface area (Å²) in [6.45, 7) is 3.59. The van der Waals surface area contributed by atoms with Crippen molar-refractivity contribution in [3.8, 4) is 5.75 Å². The molecule has 0 spiro atoms. The molecule has 1 amide bonds. The first-order valence-corrected chi connectivity index (χ1v) is 5.98. The lowest BCUT2D eigenvalue weighted by atomic mass is 10.2. The number of nitrogens with one attached hydrogen (secondary N) is 2. The molecule has 0 saturated carbocycles. The molecule has 1 fully saturated rings. The van der Waals surface area contributed by atoms with Crippen LogP contribution in [0.3, 0.4) is 0 Å². The highest BCUT2D eigenvalue weighted by Gasteiger charge is 2.17. The van der Waals surface area contributed by atoms with E-state index in [-0.39, 0.29) is 6.04 Å². The Balaban J connectivity index is 1.93. The van der Waals surface area contributed by atoms with E-state index in [0.717, 1.165) is 25.1 Å². The fourth-order valence-corrected chi connectivity index (χ4v) is 2.03. The number of amides is 1. The zero-order valence-corrected chi connectivity index (χ0v) is 10.4. The molecule has 0 aromatic heterocycles. The molecule has 1 aromatic rings. The van der Waals surface area contributed by atoms with Crippen molar-refractivity contribution in [2.45, 2.75) is 19.4 Å². The maximum atomic E-state index is 11.6. The van der Waals surface area contributed by atoms with Crippen molar-refractivity contribution in [3.63, 3.8) is 0 Å². The fraction of sp³-hybridized carbons (Fsp3) is 0.417. The molecule has 1 aliphatic rings. The van der Waals surface area contributed by atoms with Crippen LogP contribution in [-0.2, 0) is 0 Å². The third kappa shape index (κ3) is 3.35. The molecule has 0 radical (unpaired) electrons. The molecule has 0 bridgehead atoms. The van der Waals surface area contributed by atoms with Gasteiger partial charge in [-0.1, -0.05) is 11.6 Å². The summed E-state index contributed by atoms with van der Waals surface area (Å²) in [5.74, 6) is 0.540. The average molecular weight is 255 g/mol. The van der Waals surface area contributed by atoms with Crippen LogP contribution in [0.5, 0.6) is 5.75 Å². The Morgan fingerprint density at radius 1 is 1.59 bits per heavy atom. The van der Waals surface area contributed by atoms with Gasteiger partial charge in [-0.25, -0.2) is 4.79 Å². The van der Waals surface area contributed by atoms with Gasteiger partial charge in [0.15, 0.2) is 0 Å². The summed E-state index contributed by atoms with van der Waals surface area (Å²) in [7, 11) is 0. The number of halogens is 1. The van der Waals surface area contributed by atoms with E-state index in [2.05, 4.69) is 10.6 Å². The molecule has 17 heavy (non-hydrogen) atoms. The summed E-state index contributed by atoms with van der Waals surface area (Å²) in [5.41, 5.74) is 0.845. The van der Waals surface area contributed by atoms with Crippen LogP contribution in [0.2, 0.25) is 5.02 Å². The summed E-state index contributed by atoms with van der Waals surface area (Å²) in [5, 5.41) is 6.62. The lowest BCUT2D eigenvalue weighted by molar-refractivity contribution is 0.196. The molecule has 1 unspecified atom stereocenters. The van der Waals surface area contributed by atoms with Crippen molar-refractivity contribution >= 4 is 17.7 Å². The van der Waals surface area contributed by atoms with E-state index in [1.54, 1.807) is 18.2 Å². The van der Waals surface area contributed by atoms with Gasteiger partial charge in [-0.2, -0.15) is 0 Å². The van der Waals surface area contributed by atoms with Crippen molar-refractivity contribution in [1.82, 2.24) is 10.6 Å². The molecule has 1 saturated heterocycles. The molecule has 0 aliphatic carbocycles. The summed E-state index contributed by atoms with van der Waals surface area (Å²) >= 11 is 5.83. The number of ether oxygens (including phenoxy) is 1. The van der Waals surface area contributed by atoms with Crippen LogP contribution in [0, 0.1) is 6.92 Å². The molecular weight excluding hydrogens is 240 g/mol. The normalized spacial score (nSPS) is 19.1. The van der Waals surface area contributed by atoms with Crippen LogP contribution in [0.1, 0.15) is 12.0 Å². The molecule has 5 heteroatoms. The Kier molecular flexibility index (Phi) is 3.86. The number of hydrogen-bond donors (Lipinski definition) is 2. The van der Waals surface area contributed by atoms with Gasteiger partial charge in [-0.3, -0.25) is 0 Å². The van der Waals surface area contributed by atoms with Crippen LogP contribution in [0.15, 0.2) is 18.2 Å². The minimum absolute atomic E-state index is 0.162. The fourth-order valence-electron chi connectivity index (χ4n) is 1.80. The van der Waals surface area contributed by atoms with E-state index < -0.39 is 6.09 Å². The van der Waals surface area contributed by atoms with Crippen LogP contribution < -0.4 is 15.4 Å². The minimum atomic E-state index is -0.413. The molecular formula is C12H15ClN2O2. The molecule has 2 N–H and O–H groups in total. The average Bonchev–Trinajstić information content (AvgIpc) is 2.75. The second-order valence-corrected chi connectivity index (χ2v) is 4.57. The second kappa shape index (κ2) is 5.38. The Labute approximate surface area is 105 Å². The van der Waals surface area contributed by atoms with E-state index >= 15 is 0 Å². The van der Waals surface area contributed by atoms with Gasteiger partial charge in [0.1, 0.15) is 5.75 Å². The third-order valence-electron chi connectivity index (χ3n) is 2.72. The van der Waals surface area contributed by atoms with E-state index in [1.165, 1.54) is 0 Å². The first kappa shape index (κ1) is 12.2. The lowest BCUT2D eigenvalue weighted by Gasteiger charge is -2.12. The number of carbonyl (C=O) groups excluding carboxylic acids is 1. The van der Waals surface area contributed by atoms with E-state index in [0.29, 0.717) is 10.8 Å². The topological polar surface area (TPSA) is 50.4 Å². The summed E-state index contributed by atoms with van der Waals surface area (Å²) in [4.78, 5) is 11.6. The second-order valence-electron chi connectivity index (χ2n) is 4.13. The Hall–Kier alpha value is -1.26. The molecule has 1 aromatic carbocycles. The predicted molar refractivity (Wildman–Crippen MR) is 66.6 cm³/mol. The van der Waals surface area contributed by atoms with Crippen molar-refractivity contribution in [3.05, 3.63) is 28.8 Å². The van der Waals surface area contributed by atoms with Gasteiger partial charge in [0, 0.05) is 17.6 Å². The molecule has 1 atom stereocenters. The maximum Gasteiger partial charge on any atom is 0.412 e. The first-order valence-electron chi connectivity index (χ1n) is 5.60. The zero-order valence-electron chi connectivity index (χ0n) is 9.63. The predicted octanol–water partition coefficient (Wildman–Crippen LogP) is 2.10. The van der Waals surface area contributed by atoms with Crippen LogP contribution in [0.4, 0.5) is 4.79 Å². The maximum absolute atomic E-state index is 11.6. The highest BCUT2D eigenvalue weighted by Crippen LogP contribution is 2.21. The highest BCUT2D eigenvalue weighted by molar-refractivity contribution is 6.30. The van der Waals surface area contributed by atoms with E-state index in [4.69, 9.17) is 16.3 Å². The Morgan fingerprint density at radius 3 is 3.06 bits per heavy atom. The van der Waals surface area contributed by atoms with Gasteiger partial charge in [0.2, 0.25) is 0 Å². The largest absolute Gasteiger partial charge is 0.412 e. The van der Waals surface area contributed by atoms with Crippen LogP contribution in [0.25, 0.3) is 0 Å². The van der Waals surface area contributed by atoms with Crippen LogP contribution in [-0.4, -0.2) is 25.2 Å². The lowest BCUT2D eigenvalue weighted by Crippen LogP contribution is -2.38. The smallest absolute Gasteiger partial charge is 0.410 e. The molecule has 4 nitrogen and oxygen atoms in total. The van der Waals surface area contributed by atoms with E-state index in [1.807, 2.05) is 6.92 Å². The quantitative estimate of drug-likeness (QED) is 0.850. The molecule has 1 heterocycles. The number of benzene rings is 1. The summed E-state index contributed by atoms with van der Waals surface area (Å²) in [6, 6.07) is 5.33. The van der Waals surface area contributed by atoms with Gasteiger partial charge < -0.3 is 15.4 Å². The Bertz CT molecular complexity index is 417. The van der Waals surface area contributed by atoms with Crippen LogP contribution >= 0.6 is 11.6 Å². The SMILES string of the molecule is Cc1cc(Cl)ccc1OC(=O)NC1CCNC1. The molecule has 92 valence electrons. The van der Waals surface area contributed by atoms with Crippen molar-refractivity contribution < 1.29 is 9.53 Å². The van der Waals surface area contributed by atoms with Gasteiger partial charge in [-0.15, -0.1) is 0 Å². The Morgan fingerprint density at radius 2 is 2.41 bits per heavy atom. The number of hydrogen-bond acceptors (Lipinski definition) is 3. The van der Waals surface area contributed by atoms with Crippen molar-refractivity contribution in [2.24, 2.45) is 0 Å². The summed E-state index contributed by atoms with van der Waals surface area (Å²) in [6.07, 6.45) is 0.526. The number of rotatable bonds is 2. The summed E-state index contributed by atoms with van der Waals surface area (Å²) < 4.78 is 5.23. The first-order chi connectivity index (χ1) is 8.15. The molecule has 1 aliphatic heterocycles. The third-order valence-corrected chi connectivity index (χ3v) is 2.96. The zero-order chi connectivity index (χ0) is 12.3. The van der Waals surface area contributed by atoms with Gasteiger partial charge in [0.05, 0.1) is 0 Å². The standard InChI is InChI=1S/C12H15ClN2O2/c1-8-6-9(13)2-3-11(8)17-12(16)15-10-4-5-14-7-10/h2-3,6,10,14H,4-5,7H2,1H3,(H,15,16). The monoisotopic (exact) mass is 254 g/mol. The van der Waals surface area contributed by atoms with Gasteiger partial charge in [0.25, 0.3) is 0 Å². The highest BCUT2D eigenvalue weighted by atomic mass is 35.5. The van der Waals surface area contributed by atoms with Gasteiger partial charge >= 0.3 is 6.09 Å². The number of aryl methyl sites for hydroxylation is 1. The van der Waals surface area contributed by atoms with E-state index in [9.17, 15) is 4.79 Å². The minimum Gasteiger partial charge on any atom is -0.410 e.